The lowest BCUT2D eigenvalue weighted by molar-refractivity contribution is 0.589. The van der Waals surface area contributed by atoms with E-state index in [0.717, 1.165) is 17.3 Å². The van der Waals surface area contributed by atoms with E-state index < -0.39 is 11.6 Å². The van der Waals surface area contributed by atoms with Crippen LogP contribution in [0.5, 0.6) is 0 Å². The van der Waals surface area contributed by atoms with Gasteiger partial charge >= 0.3 is 0 Å². The molecule has 0 bridgehead atoms. The Morgan fingerprint density at radius 1 is 1.12 bits per heavy atom. The highest BCUT2D eigenvalue weighted by atomic mass is 19.1. The van der Waals surface area contributed by atoms with Gasteiger partial charge in [-0.15, -0.1) is 0 Å². The van der Waals surface area contributed by atoms with Crippen LogP contribution in [-0.2, 0) is 0 Å². The zero-order chi connectivity index (χ0) is 12.2. The number of halogens is 2. The van der Waals surface area contributed by atoms with Gasteiger partial charge < -0.3 is 0 Å². The zero-order valence-corrected chi connectivity index (χ0v) is 9.33. The number of nitrogens with zero attached hydrogens (tertiary/aromatic N) is 3. The van der Waals surface area contributed by atoms with Gasteiger partial charge in [-0.2, -0.15) is 0 Å². The number of hydrogen-bond donors (Lipinski definition) is 0. The first-order chi connectivity index (χ1) is 8.08. The van der Waals surface area contributed by atoms with Crippen molar-refractivity contribution >= 4 is 16.6 Å². The minimum Gasteiger partial charge on any atom is -0.295 e. The summed E-state index contributed by atoms with van der Waals surface area (Å²) < 4.78 is 28.5. The summed E-state index contributed by atoms with van der Waals surface area (Å²) in [6.07, 6.45) is 1.56. The summed E-state index contributed by atoms with van der Waals surface area (Å²) in [5, 5.41) is 0. The summed E-state index contributed by atoms with van der Waals surface area (Å²) in [6.45, 7) is 3.62. The van der Waals surface area contributed by atoms with Crippen molar-refractivity contribution in [1.82, 2.24) is 14.4 Å². The number of fused-ring (bicyclic) bond motifs is 3. The Hall–Kier alpha value is -2.04. The molecule has 2 aromatic heterocycles. The van der Waals surface area contributed by atoms with E-state index in [1.165, 1.54) is 6.07 Å². The molecule has 1 aromatic carbocycles. The van der Waals surface area contributed by atoms with E-state index in [0.29, 0.717) is 11.2 Å². The summed E-state index contributed by atoms with van der Waals surface area (Å²) in [5.41, 5.74) is 2.82. The molecule has 3 nitrogen and oxygen atoms in total. The predicted molar refractivity (Wildman–Crippen MR) is 59.9 cm³/mol. The van der Waals surface area contributed by atoms with Crippen LogP contribution in [0.25, 0.3) is 16.6 Å². The fourth-order valence-electron chi connectivity index (χ4n) is 2.12. The molecule has 86 valence electrons. The molecule has 0 atom stereocenters. The molecule has 3 aromatic rings. The van der Waals surface area contributed by atoms with Gasteiger partial charge in [0.15, 0.2) is 5.82 Å². The molecule has 0 fully saturated rings. The molecule has 0 saturated carbocycles. The van der Waals surface area contributed by atoms with E-state index in [1.54, 1.807) is 17.7 Å². The maximum absolute atomic E-state index is 13.6. The van der Waals surface area contributed by atoms with Crippen molar-refractivity contribution in [2.24, 2.45) is 0 Å². The molecule has 0 spiro atoms. The van der Waals surface area contributed by atoms with Crippen molar-refractivity contribution in [2.45, 2.75) is 13.8 Å². The molecule has 3 rings (SSSR count). The van der Waals surface area contributed by atoms with Gasteiger partial charge in [0.1, 0.15) is 17.7 Å². The topological polar surface area (TPSA) is 30.2 Å². The van der Waals surface area contributed by atoms with Crippen LogP contribution < -0.4 is 0 Å². The van der Waals surface area contributed by atoms with Crippen LogP contribution in [0.2, 0.25) is 0 Å². The SMILES string of the molecule is Cc1ncn2c1c(C)nc1c(F)cc(F)cc12. The van der Waals surface area contributed by atoms with Gasteiger partial charge in [0.25, 0.3) is 0 Å². The molecule has 0 saturated heterocycles. The summed E-state index contributed by atoms with van der Waals surface area (Å²) in [5.74, 6) is -1.27. The van der Waals surface area contributed by atoms with Crippen LogP contribution in [-0.4, -0.2) is 14.4 Å². The number of benzene rings is 1. The fourth-order valence-corrected chi connectivity index (χ4v) is 2.12. The van der Waals surface area contributed by atoms with Gasteiger partial charge in [0, 0.05) is 12.1 Å². The minimum absolute atomic E-state index is 0.161. The van der Waals surface area contributed by atoms with E-state index >= 15 is 0 Å². The molecule has 0 unspecified atom stereocenters. The Balaban J connectivity index is 2.64. The van der Waals surface area contributed by atoms with E-state index in [9.17, 15) is 8.78 Å². The fraction of sp³-hybridized carbons (Fsp3) is 0.167. The predicted octanol–water partition coefficient (Wildman–Crippen LogP) is 2.78. The lowest BCUT2D eigenvalue weighted by Crippen LogP contribution is -1.97. The normalized spacial score (nSPS) is 11.5. The van der Waals surface area contributed by atoms with Crippen molar-refractivity contribution in [3.63, 3.8) is 0 Å². The molecule has 5 heteroatoms. The number of rotatable bonds is 0. The van der Waals surface area contributed by atoms with Crippen molar-refractivity contribution in [3.8, 4) is 0 Å². The van der Waals surface area contributed by atoms with Crippen LogP contribution in [0.1, 0.15) is 11.4 Å². The van der Waals surface area contributed by atoms with Gasteiger partial charge in [-0.1, -0.05) is 0 Å². The zero-order valence-electron chi connectivity index (χ0n) is 9.33. The Labute approximate surface area is 95.7 Å². The molecule has 2 heterocycles. The highest BCUT2D eigenvalue weighted by Crippen LogP contribution is 2.22. The van der Waals surface area contributed by atoms with Gasteiger partial charge in [-0.3, -0.25) is 4.40 Å². The van der Waals surface area contributed by atoms with Crippen LogP contribution in [0.4, 0.5) is 8.78 Å². The number of aromatic nitrogens is 3. The van der Waals surface area contributed by atoms with E-state index in [2.05, 4.69) is 9.97 Å². The van der Waals surface area contributed by atoms with Crippen molar-refractivity contribution < 1.29 is 8.78 Å². The lowest BCUT2D eigenvalue weighted by atomic mass is 10.2. The lowest BCUT2D eigenvalue weighted by Gasteiger charge is -2.06. The summed E-state index contributed by atoms with van der Waals surface area (Å²) in [6, 6.07) is 2.10. The van der Waals surface area contributed by atoms with E-state index in [1.807, 2.05) is 6.92 Å². The largest absolute Gasteiger partial charge is 0.295 e. The quantitative estimate of drug-likeness (QED) is 0.597. The minimum atomic E-state index is -0.656. The smallest absolute Gasteiger partial charge is 0.153 e. The third-order valence-corrected chi connectivity index (χ3v) is 2.84. The monoisotopic (exact) mass is 233 g/mol. The molecule has 0 N–H and O–H groups in total. The number of aryl methyl sites for hydroxylation is 2. The van der Waals surface area contributed by atoms with E-state index in [4.69, 9.17) is 0 Å². The first kappa shape index (κ1) is 10.1. The average Bonchev–Trinajstić information content (AvgIpc) is 2.64. The molecule has 17 heavy (non-hydrogen) atoms. The highest BCUT2D eigenvalue weighted by molar-refractivity contribution is 5.80. The second kappa shape index (κ2) is 3.23. The third kappa shape index (κ3) is 1.32. The Morgan fingerprint density at radius 3 is 2.65 bits per heavy atom. The van der Waals surface area contributed by atoms with Gasteiger partial charge in [0.05, 0.1) is 22.4 Å². The highest BCUT2D eigenvalue weighted by Gasteiger charge is 2.13. The van der Waals surface area contributed by atoms with Crippen LogP contribution in [0, 0.1) is 25.5 Å². The Morgan fingerprint density at radius 2 is 1.88 bits per heavy atom. The second-order valence-electron chi connectivity index (χ2n) is 4.00. The van der Waals surface area contributed by atoms with Crippen molar-refractivity contribution in [1.29, 1.82) is 0 Å². The number of imidazole rings is 1. The van der Waals surface area contributed by atoms with Crippen molar-refractivity contribution in [3.05, 3.63) is 41.5 Å². The van der Waals surface area contributed by atoms with Crippen LogP contribution in [0.3, 0.4) is 0 Å². The van der Waals surface area contributed by atoms with Crippen LogP contribution in [0.15, 0.2) is 18.5 Å². The van der Waals surface area contributed by atoms with Gasteiger partial charge in [-0.05, 0) is 13.8 Å². The van der Waals surface area contributed by atoms with E-state index in [-0.39, 0.29) is 5.52 Å². The molecule has 0 radical (unpaired) electrons. The third-order valence-electron chi connectivity index (χ3n) is 2.84. The van der Waals surface area contributed by atoms with Gasteiger partial charge in [0.2, 0.25) is 0 Å². The molecule has 0 amide bonds. The Bertz CT molecular complexity index is 746. The molecular weight excluding hydrogens is 224 g/mol. The molecule has 0 aliphatic heterocycles. The standard InChI is InChI=1S/C12H9F2N3/c1-6-12-7(2)16-11-9(14)3-8(13)4-10(11)17(12)5-15-6/h3-5H,1-2H3. The summed E-state index contributed by atoms with van der Waals surface area (Å²) in [7, 11) is 0. The molecule has 0 aliphatic rings. The van der Waals surface area contributed by atoms with Gasteiger partial charge in [-0.25, -0.2) is 18.7 Å². The number of hydrogen-bond acceptors (Lipinski definition) is 2. The first-order valence-corrected chi connectivity index (χ1v) is 5.17. The summed E-state index contributed by atoms with van der Waals surface area (Å²) in [4.78, 5) is 8.32. The second-order valence-corrected chi connectivity index (χ2v) is 4.00. The first-order valence-electron chi connectivity index (χ1n) is 5.17. The average molecular weight is 233 g/mol. The molecular formula is C12H9F2N3. The van der Waals surface area contributed by atoms with Crippen molar-refractivity contribution in [2.75, 3.05) is 0 Å². The Kier molecular flexibility index (Phi) is 1.92. The molecule has 0 aliphatic carbocycles. The summed E-state index contributed by atoms with van der Waals surface area (Å²) >= 11 is 0. The maximum Gasteiger partial charge on any atom is 0.153 e. The maximum atomic E-state index is 13.6. The van der Waals surface area contributed by atoms with Crippen LogP contribution >= 0.6 is 0 Å².